The summed E-state index contributed by atoms with van der Waals surface area (Å²) < 4.78 is 24.8. The van der Waals surface area contributed by atoms with E-state index < -0.39 is 9.84 Å². The first-order valence-corrected chi connectivity index (χ1v) is 8.71. The molecule has 0 aromatic heterocycles. The molecule has 6 heteroatoms. The van der Waals surface area contributed by atoms with Gasteiger partial charge in [0.15, 0.2) is 9.84 Å². The number of halogens is 2. The molecule has 1 heterocycles. The Bertz CT molecular complexity index is 530. The fraction of sp³-hybridized carbons (Fsp3) is 0.455. The first-order valence-electron chi connectivity index (χ1n) is 5.30. The molecule has 94 valence electrons. The van der Waals surface area contributed by atoms with Crippen molar-refractivity contribution in [1.29, 1.82) is 0 Å². The van der Waals surface area contributed by atoms with E-state index in [9.17, 15) is 8.42 Å². The van der Waals surface area contributed by atoms with E-state index in [1.54, 1.807) is 0 Å². The number of rotatable bonds is 2. The molecule has 1 fully saturated rings. The van der Waals surface area contributed by atoms with Crippen molar-refractivity contribution in [1.82, 2.24) is 0 Å². The summed E-state index contributed by atoms with van der Waals surface area (Å²) in [4.78, 5) is 0. The lowest BCUT2D eigenvalue weighted by molar-refractivity contribution is 0.478. The number of nitrogens with two attached hydrogens (primary N) is 1. The van der Waals surface area contributed by atoms with E-state index in [0.717, 1.165) is 14.5 Å². The van der Waals surface area contributed by atoms with Crippen molar-refractivity contribution in [2.45, 2.75) is 12.5 Å². The highest BCUT2D eigenvalue weighted by molar-refractivity contribution is 9.11. The molecule has 0 amide bonds. The van der Waals surface area contributed by atoms with Gasteiger partial charge in [-0.1, -0.05) is 31.9 Å². The molecule has 17 heavy (non-hydrogen) atoms. The third kappa shape index (κ3) is 3.10. The summed E-state index contributed by atoms with van der Waals surface area (Å²) in [7, 11) is -2.88. The smallest absolute Gasteiger partial charge is 0.150 e. The van der Waals surface area contributed by atoms with Gasteiger partial charge >= 0.3 is 0 Å². The number of hydrogen-bond donors (Lipinski definition) is 1. The standard InChI is InChI=1S/C11H13Br2NO2S/c12-8-1-2-10(13)9(5-8)11(14)7-3-4-17(15,16)6-7/h1-2,5,7,11H,3-4,6,14H2. The predicted octanol–water partition coefficient (Wildman–Crippen LogP) is 2.65. The Morgan fingerprint density at radius 2 is 2.06 bits per heavy atom. The van der Waals surface area contributed by atoms with Crippen molar-refractivity contribution < 1.29 is 8.42 Å². The molecule has 0 bridgehead atoms. The second kappa shape index (κ2) is 4.99. The molecule has 0 aliphatic carbocycles. The first kappa shape index (κ1) is 13.5. The van der Waals surface area contributed by atoms with Gasteiger partial charge in [0.05, 0.1) is 11.5 Å². The molecule has 0 saturated carbocycles. The van der Waals surface area contributed by atoms with E-state index in [2.05, 4.69) is 31.9 Å². The molecule has 2 rings (SSSR count). The maximum Gasteiger partial charge on any atom is 0.150 e. The molecule has 3 nitrogen and oxygen atoms in total. The molecule has 1 aliphatic rings. The summed E-state index contributed by atoms with van der Waals surface area (Å²) in [6.45, 7) is 0. The molecule has 0 radical (unpaired) electrons. The van der Waals surface area contributed by atoms with Crippen LogP contribution >= 0.6 is 31.9 Å². The Hall–Kier alpha value is 0.0900. The van der Waals surface area contributed by atoms with Gasteiger partial charge in [-0.2, -0.15) is 0 Å². The number of sulfone groups is 1. The summed E-state index contributed by atoms with van der Waals surface area (Å²) in [5.74, 6) is 0.481. The van der Waals surface area contributed by atoms with Crippen LogP contribution in [0.4, 0.5) is 0 Å². The molecular formula is C11H13Br2NO2S. The topological polar surface area (TPSA) is 60.2 Å². The van der Waals surface area contributed by atoms with E-state index in [-0.39, 0.29) is 23.5 Å². The Morgan fingerprint density at radius 3 is 2.65 bits per heavy atom. The second-order valence-electron chi connectivity index (χ2n) is 4.35. The summed E-state index contributed by atoms with van der Waals surface area (Å²) in [6.07, 6.45) is 0.655. The molecule has 2 unspecified atom stereocenters. The average Bonchev–Trinajstić information content (AvgIpc) is 2.61. The quantitative estimate of drug-likeness (QED) is 0.855. The van der Waals surface area contributed by atoms with Crippen LogP contribution in [0.3, 0.4) is 0 Å². The van der Waals surface area contributed by atoms with Crippen LogP contribution in [-0.4, -0.2) is 19.9 Å². The summed E-state index contributed by atoms with van der Waals surface area (Å²) in [5.41, 5.74) is 7.14. The zero-order valence-electron chi connectivity index (χ0n) is 9.07. The lowest BCUT2D eigenvalue weighted by Gasteiger charge is -2.19. The first-order chi connectivity index (χ1) is 7.89. The van der Waals surface area contributed by atoms with E-state index in [4.69, 9.17) is 5.73 Å². The predicted molar refractivity (Wildman–Crippen MR) is 75.5 cm³/mol. The number of benzene rings is 1. The normalized spacial score (nSPS) is 24.8. The molecule has 2 atom stereocenters. The van der Waals surface area contributed by atoms with Crippen molar-refractivity contribution in [2.75, 3.05) is 11.5 Å². The minimum atomic E-state index is -2.88. The molecule has 0 spiro atoms. The van der Waals surface area contributed by atoms with Crippen molar-refractivity contribution in [3.63, 3.8) is 0 Å². The summed E-state index contributed by atoms with van der Waals surface area (Å²) >= 11 is 6.86. The van der Waals surface area contributed by atoms with Crippen LogP contribution in [0.25, 0.3) is 0 Å². The highest BCUT2D eigenvalue weighted by Crippen LogP contribution is 2.34. The molecule has 1 aromatic rings. The van der Waals surface area contributed by atoms with Crippen LogP contribution in [-0.2, 0) is 9.84 Å². The summed E-state index contributed by atoms with van der Waals surface area (Å²) in [6, 6.07) is 5.55. The fourth-order valence-electron chi connectivity index (χ4n) is 2.13. The lowest BCUT2D eigenvalue weighted by Crippen LogP contribution is -2.22. The van der Waals surface area contributed by atoms with Crippen LogP contribution in [0, 0.1) is 5.92 Å². The highest BCUT2D eigenvalue weighted by Gasteiger charge is 2.33. The molecule has 1 aliphatic heterocycles. The third-order valence-corrected chi connectivity index (χ3v) is 6.10. The lowest BCUT2D eigenvalue weighted by atomic mass is 9.93. The average molecular weight is 383 g/mol. The fourth-order valence-corrected chi connectivity index (χ4v) is 4.88. The van der Waals surface area contributed by atoms with Gasteiger partial charge in [0.25, 0.3) is 0 Å². The van der Waals surface area contributed by atoms with E-state index in [1.165, 1.54) is 0 Å². The Kier molecular flexibility index (Phi) is 3.97. The van der Waals surface area contributed by atoms with Crippen molar-refractivity contribution in [3.8, 4) is 0 Å². The molecule has 1 aromatic carbocycles. The van der Waals surface area contributed by atoms with Gasteiger partial charge in [0, 0.05) is 15.0 Å². The zero-order chi connectivity index (χ0) is 12.6. The monoisotopic (exact) mass is 381 g/mol. The van der Waals surface area contributed by atoms with Crippen molar-refractivity contribution in [3.05, 3.63) is 32.7 Å². The maximum absolute atomic E-state index is 11.5. The van der Waals surface area contributed by atoms with Gasteiger partial charge in [-0.15, -0.1) is 0 Å². The van der Waals surface area contributed by atoms with Gasteiger partial charge in [-0.25, -0.2) is 8.42 Å². The van der Waals surface area contributed by atoms with E-state index >= 15 is 0 Å². The van der Waals surface area contributed by atoms with Crippen LogP contribution < -0.4 is 5.73 Å². The van der Waals surface area contributed by atoms with Gasteiger partial charge in [-0.3, -0.25) is 0 Å². The highest BCUT2D eigenvalue weighted by atomic mass is 79.9. The maximum atomic E-state index is 11.5. The molecule has 2 N–H and O–H groups in total. The van der Waals surface area contributed by atoms with E-state index in [0.29, 0.717) is 6.42 Å². The van der Waals surface area contributed by atoms with Gasteiger partial charge in [0.1, 0.15) is 0 Å². The second-order valence-corrected chi connectivity index (χ2v) is 8.35. The molecular weight excluding hydrogens is 370 g/mol. The van der Waals surface area contributed by atoms with Crippen molar-refractivity contribution in [2.24, 2.45) is 11.7 Å². The Morgan fingerprint density at radius 1 is 1.35 bits per heavy atom. The van der Waals surface area contributed by atoms with E-state index in [1.807, 2.05) is 18.2 Å². The minimum absolute atomic E-state index is 0.0191. The van der Waals surface area contributed by atoms with Crippen LogP contribution in [0.2, 0.25) is 0 Å². The summed E-state index contributed by atoms with van der Waals surface area (Å²) in [5, 5.41) is 0. The largest absolute Gasteiger partial charge is 0.324 e. The van der Waals surface area contributed by atoms with Gasteiger partial charge < -0.3 is 5.73 Å². The van der Waals surface area contributed by atoms with Gasteiger partial charge in [-0.05, 0) is 36.1 Å². The minimum Gasteiger partial charge on any atom is -0.324 e. The SMILES string of the molecule is NC(c1cc(Br)ccc1Br)C1CCS(=O)(=O)C1. The van der Waals surface area contributed by atoms with Crippen LogP contribution in [0.1, 0.15) is 18.0 Å². The van der Waals surface area contributed by atoms with Crippen LogP contribution in [0.15, 0.2) is 27.1 Å². The Labute approximate surface area is 118 Å². The van der Waals surface area contributed by atoms with Crippen LogP contribution in [0.5, 0.6) is 0 Å². The van der Waals surface area contributed by atoms with Gasteiger partial charge in [0.2, 0.25) is 0 Å². The number of hydrogen-bond acceptors (Lipinski definition) is 3. The van der Waals surface area contributed by atoms with Crippen molar-refractivity contribution >= 4 is 41.7 Å². The Balaban J connectivity index is 2.26. The molecule has 1 saturated heterocycles. The third-order valence-electron chi connectivity index (χ3n) is 3.09. The zero-order valence-corrected chi connectivity index (χ0v) is 13.1.